The predicted molar refractivity (Wildman–Crippen MR) is 158 cm³/mol. The van der Waals surface area contributed by atoms with Gasteiger partial charge in [-0.3, -0.25) is 4.79 Å². The number of ether oxygens (including phenoxy) is 4. The molecule has 1 unspecified atom stereocenters. The Balaban J connectivity index is 1.53. The summed E-state index contributed by atoms with van der Waals surface area (Å²) >= 11 is 0. The molecule has 0 aromatic heterocycles. The monoisotopic (exact) mass is 586 g/mol. The molecule has 0 amide bonds. The predicted octanol–water partition coefficient (Wildman–Crippen LogP) is 4.53. The van der Waals surface area contributed by atoms with Crippen LogP contribution in [0.1, 0.15) is 80.1 Å². The first kappa shape index (κ1) is 31.6. The molecule has 0 aromatic carbocycles. The molecule has 5 aliphatic rings. The highest BCUT2D eigenvalue weighted by molar-refractivity contribution is 5.78. The number of fused-ring (bicyclic) bond motifs is 2. The molecule has 0 aromatic rings. The second-order valence-corrected chi connectivity index (χ2v) is 13.6. The Morgan fingerprint density at radius 2 is 1.86 bits per heavy atom. The van der Waals surface area contributed by atoms with E-state index in [1.807, 2.05) is 26.0 Å². The number of allylic oxidation sites excluding steroid dienone is 2. The van der Waals surface area contributed by atoms with Crippen molar-refractivity contribution in [3.63, 3.8) is 0 Å². The second kappa shape index (κ2) is 12.3. The van der Waals surface area contributed by atoms with Crippen LogP contribution in [0.25, 0.3) is 0 Å². The maximum absolute atomic E-state index is 14.0. The molecule has 2 bridgehead atoms. The summed E-state index contributed by atoms with van der Waals surface area (Å²) in [5.74, 6) is -1.88. The van der Waals surface area contributed by atoms with E-state index in [1.54, 1.807) is 25.2 Å². The van der Waals surface area contributed by atoms with Crippen LogP contribution in [0.15, 0.2) is 47.1 Å². The minimum atomic E-state index is -1.75. The van der Waals surface area contributed by atoms with Gasteiger partial charge >= 0.3 is 5.97 Å². The van der Waals surface area contributed by atoms with Gasteiger partial charge < -0.3 is 34.3 Å². The zero-order chi connectivity index (χ0) is 30.4. The Morgan fingerprint density at radius 1 is 1.10 bits per heavy atom. The van der Waals surface area contributed by atoms with E-state index in [1.165, 1.54) is 0 Å². The fraction of sp³-hybridized carbons (Fsp3) is 0.735. The molecule has 12 atom stereocenters. The van der Waals surface area contributed by atoms with Gasteiger partial charge in [-0.15, -0.1) is 0 Å². The molecule has 5 rings (SSSR count). The topological polar surface area (TPSA) is 115 Å². The molecule has 42 heavy (non-hydrogen) atoms. The molecule has 3 saturated heterocycles. The van der Waals surface area contributed by atoms with E-state index in [4.69, 9.17) is 18.9 Å². The molecule has 0 saturated carbocycles. The summed E-state index contributed by atoms with van der Waals surface area (Å²) in [4.78, 5) is 14.0. The number of rotatable bonds is 2. The Kier molecular flexibility index (Phi) is 9.25. The summed E-state index contributed by atoms with van der Waals surface area (Å²) in [5, 5.41) is 34.0. The summed E-state index contributed by atoms with van der Waals surface area (Å²) in [6.07, 6.45) is 9.73. The summed E-state index contributed by atoms with van der Waals surface area (Å²) in [6.45, 7) is 12.3. The van der Waals surface area contributed by atoms with Crippen molar-refractivity contribution < 1.29 is 39.1 Å². The normalized spacial score (nSPS) is 45.4. The third-order valence-electron chi connectivity index (χ3n) is 10.5. The van der Waals surface area contributed by atoms with Crippen molar-refractivity contribution in [2.24, 2.45) is 23.7 Å². The maximum Gasteiger partial charge on any atom is 0.316 e. The Hall–Kier alpha value is -1.81. The van der Waals surface area contributed by atoms with Crippen LogP contribution in [0.4, 0.5) is 0 Å². The van der Waals surface area contributed by atoms with E-state index < -0.39 is 47.7 Å². The first-order valence-electron chi connectivity index (χ1n) is 15.9. The Labute approximate surface area is 250 Å². The van der Waals surface area contributed by atoms with Gasteiger partial charge in [-0.25, -0.2) is 0 Å². The van der Waals surface area contributed by atoms with Crippen LogP contribution in [0.3, 0.4) is 0 Å². The van der Waals surface area contributed by atoms with E-state index in [0.29, 0.717) is 48.7 Å². The lowest BCUT2D eigenvalue weighted by atomic mass is 9.71. The van der Waals surface area contributed by atoms with Crippen molar-refractivity contribution in [1.29, 1.82) is 0 Å². The molecule has 4 aliphatic heterocycles. The third kappa shape index (κ3) is 5.83. The Bertz CT molecular complexity index is 1140. The molecule has 4 heterocycles. The smallest absolute Gasteiger partial charge is 0.316 e. The third-order valence-corrected chi connectivity index (χ3v) is 10.5. The molecule has 3 N–H and O–H groups in total. The van der Waals surface area contributed by atoms with Gasteiger partial charge in [0, 0.05) is 25.2 Å². The number of aliphatic hydroxyl groups excluding tert-OH is 2. The van der Waals surface area contributed by atoms with Crippen LogP contribution in [-0.2, 0) is 23.7 Å². The highest BCUT2D eigenvalue weighted by atomic mass is 16.7. The molecular weight excluding hydrogens is 536 g/mol. The van der Waals surface area contributed by atoms with E-state index >= 15 is 0 Å². The number of hydrogen-bond acceptors (Lipinski definition) is 8. The lowest BCUT2D eigenvalue weighted by molar-refractivity contribution is -0.340. The zero-order valence-electron chi connectivity index (χ0n) is 26.0. The van der Waals surface area contributed by atoms with E-state index in [9.17, 15) is 20.1 Å². The highest BCUT2D eigenvalue weighted by Gasteiger charge is 2.60. The molecule has 1 spiro atoms. The molecular formula is C34H50O8. The first-order valence-corrected chi connectivity index (χ1v) is 15.9. The van der Waals surface area contributed by atoms with Crippen LogP contribution >= 0.6 is 0 Å². The van der Waals surface area contributed by atoms with Crippen LogP contribution in [0, 0.1) is 23.7 Å². The van der Waals surface area contributed by atoms with Crippen LogP contribution in [-0.4, -0.2) is 75.9 Å². The summed E-state index contributed by atoms with van der Waals surface area (Å²) < 4.78 is 25.7. The van der Waals surface area contributed by atoms with Gasteiger partial charge in [-0.1, -0.05) is 64.5 Å². The SMILES string of the molecule is CC[C@H](C)[C@H]1O[C@]2(CC[C@@H]1C)CC1C[C@@H](CC=C(C)[C@@H](O)[C@@H](C)C=CC=C3CO[C@@H]4[C@H](O)C(C)=C[C@@H](C(=O)O1)[C@]34O)O2. The Morgan fingerprint density at radius 3 is 2.60 bits per heavy atom. The average molecular weight is 587 g/mol. The number of hydrogen-bond donors (Lipinski definition) is 3. The van der Waals surface area contributed by atoms with Crippen molar-refractivity contribution in [3.8, 4) is 0 Å². The summed E-state index contributed by atoms with van der Waals surface area (Å²) in [6, 6.07) is 0. The van der Waals surface area contributed by atoms with Crippen molar-refractivity contribution in [2.75, 3.05) is 6.61 Å². The van der Waals surface area contributed by atoms with Crippen molar-refractivity contribution in [1.82, 2.24) is 0 Å². The number of esters is 1. The van der Waals surface area contributed by atoms with Crippen LogP contribution < -0.4 is 0 Å². The standard InChI is InChI=1S/C34H50O8/c1-7-19(2)30-22(5)13-14-33(42-30)17-26-16-25(41-33)12-11-21(4)28(35)20(3)9-8-10-24-18-39-31-29(36)23(6)15-27(32(37)40-26)34(24,31)38/h8-11,15,19-20,22,25-31,35-36,38H,7,12-14,16-18H2,1-6H3/t19-,20-,22-,25+,26?,27-,28-,29+,30+,31+,33+,34+/m0/s1. The summed E-state index contributed by atoms with van der Waals surface area (Å²) in [5.41, 5.74) is 0.156. The van der Waals surface area contributed by atoms with Gasteiger partial charge in [-0.2, -0.15) is 0 Å². The average Bonchev–Trinajstić information content (AvgIpc) is 3.30. The largest absolute Gasteiger partial charge is 0.462 e. The minimum absolute atomic E-state index is 0.0404. The van der Waals surface area contributed by atoms with Crippen LogP contribution in [0.2, 0.25) is 0 Å². The molecule has 8 heteroatoms. The fourth-order valence-corrected chi connectivity index (χ4v) is 7.55. The van der Waals surface area contributed by atoms with E-state index in [2.05, 4.69) is 20.8 Å². The van der Waals surface area contributed by atoms with Gasteiger partial charge in [0.2, 0.25) is 0 Å². The first-order chi connectivity index (χ1) is 19.9. The van der Waals surface area contributed by atoms with E-state index in [0.717, 1.165) is 18.4 Å². The zero-order valence-corrected chi connectivity index (χ0v) is 26.0. The van der Waals surface area contributed by atoms with Gasteiger partial charge in [0.15, 0.2) is 5.79 Å². The molecule has 3 fully saturated rings. The number of carbonyl (C=O) groups is 1. The lowest BCUT2D eigenvalue weighted by Gasteiger charge is -2.51. The van der Waals surface area contributed by atoms with Crippen molar-refractivity contribution in [3.05, 3.63) is 47.1 Å². The highest BCUT2D eigenvalue weighted by Crippen LogP contribution is 2.47. The van der Waals surface area contributed by atoms with Gasteiger partial charge in [0.05, 0.1) is 24.9 Å². The molecule has 1 aliphatic carbocycles. The fourth-order valence-electron chi connectivity index (χ4n) is 7.55. The number of aliphatic hydroxyl groups is 3. The van der Waals surface area contributed by atoms with Gasteiger partial charge in [-0.05, 0) is 55.2 Å². The maximum atomic E-state index is 14.0. The van der Waals surface area contributed by atoms with Crippen LogP contribution in [0.5, 0.6) is 0 Å². The molecule has 0 radical (unpaired) electrons. The number of carbonyl (C=O) groups excluding carboxylic acids is 1. The van der Waals surface area contributed by atoms with Crippen molar-refractivity contribution in [2.45, 2.75) is 128 Å². The quantitative estimate of drug-likeness (QED) is 0.320. The second-order valence-electron chi connectivity index (χ2n) is 13.6. The van der Waals surface area contributed by atoms with E-state index in [-0.39, 0.29) is 24.7 Å². The van der Waals surface area contributed by atoms with Gasteiger partial charge in [0.1, 0.15) is 29.8 Å². The minimum Gasteiger partial charge on any atom is -0.462 e. The van der Waals surface area contributed by atoms with Gasteiger partial charge in [0.25, 0.3) is 0 Å². The molecule has 234 valence electrons. The van der Waals surface area contributed by atoms with Crippen molar-refractivity contribution >= 4 is 5.97 Å². The lowest BCUT2D eigenvalue weighted by Crippen LogP contribution is -2.58. The summed E-state index contributed by atoms with van der Waals surface area (Å²) in [7, 11) is 0. The molecule has 8 nitrogen and oxygen atoms in total.